The molecule has 1 aromatic rings. The number of benzene rings is 1. The molecule has 2 N–H and O–H groups in total. The van der Waals surface area contributed by atoms with Crippen molar-refractivity contribution in [3.63, 3.8) is 0 Å². The molecule has 3 rings (SSSR count). The summed E-state index contributed by atoms with van der Waals surface area (Å²) in [4.78, 5) is 0. The van der Waals surface area contributed by atoms with Gasteiger partial charge in [0.25, 0.3) is 0 Å². The highest BCUT2D eigenvalue weighted by molar-refractivity contribution is 5.29. The first-order valence-corrected chi connectivity index (χ1v) is 7.70. The number of fused-ring (bicyclic) bond motifs is 1. The van der Waals surface area contributed by atoms with E-state index in [0.717, 1.165) is 25.4 Å². The van der Waals surface area contributed by atoms with Gasteiger partial charge in [0.05, 0.1) is 0 Å². The lowest BCUT2D eigenvalue weighted by molar-refractivity contribution is 0.326. The van der Waals surface area contributed by atoms with Crippen molar-refractivity contribution in [2.75, 3.05) is 13.1 Å². The van der Waals surface area contributed by atoms with Crippen molar-refractivity contribution in [1.29, 1.82) is 0 Å². The maximum atomic E-state index is 3.71. The van der Waals surface area contributed by atoms with Crippen LogP contribution >= 0.6 is 0 Å². The third-order valence-electron chi connectivity index (χ3n) is 5.15. The van der Waals surface area contributed by atoms with Crippen molar-refractivity contribution in [3.8, 4) is 0 Å². The molecule has 19 heavy (non-hydrogen) atoms. The van der Waals surface area contributed by atoms with Crippen molar-refractivity contribution < 1.29 is 0 Å². The molecule has 0 bridgehead atoms. The van der Waals surface area contributed by atoms with Crippen LogP contribution in [0.2, 0.25) is 0 Å². The van der Waals surface area contributed by atoms with Gasteiger partial charge in [0, 0.05) is 25.7 Å². The molecule has 1 saturated carbocycles. The molecule has 1 aromatic carbocycles. The molecule has 0 spiro atoms. The standard InChI is InChI=1S/C17H26N2/c1-13(2)17(7-8-17)12-18-11-16-9-14-5-3-4-6-15(14)10-19-16/h3-6,13,16,18-19H,7-12H2,1-2H3. The van der Waals surface area contributed by atoms with Gasteiger partial charge < -0.3 is 10.6 Å². The molecule has 0 radical (unpaired) electrons. The minimum Gasteiger partial charge on any atom is -0.315 e. The summed E-state index contributed by atoms with van der Waals surface area (Å²) in [5.74, 6) is 0.819. The first-order chi connectivity index (χ1) is 9.20. The Kier molecular flexibility index (Phi) is 3.64. The van der Waals surface area contributed by atoms with E-state index in [2.05, 4.69) is 48.7 Å². The molecule has 2 aliphatic rings. The van der Waals surface area contributed by atoms with Gasteiger partial charge in [-0.3, -0.25) is 0 Å². The number of rotatable bonds is 5. The summed E-state index contributed by atoms with van der Waals surface area (Å²) in [6.45, 7) is 8.05. The zero-order chi connectivity index (χ0) is 13.3. The second kappa shape index (κ2) is 5.26. The van der Waals surface area contributed by atoms with E-state index in [9.17, 15) is 0 Å². The third kappa shape index (κ3) is 2.85. The maximum Gasteiger partial charge on any atom is 0.0236 e. The monoisotopic (exact) mass is 258 g/mol. The van der Waals surface area contributed by atoms with Crippen LogP contribution in [0.3, 0.4) is 0 Å². The average molecular weight is 258 g/mol. The molecule has 1 aliphatic carbocycles. The molecular weight excluding hydrogens is 232 g/mol. The SMILES string of the molecule is CC(C)C1(CNCC2Cc3ccccc3CN2)CC1. The first kappa shape index (κ1) is 13.1. The van der Waals surface area contributed by atoms with Gasteiger partial charge in [0.15, 0.2) is 0 Å². The van der Waals surface area contributed by atoms with Crippen molar-refractivity contribution in [2.24, 2.45) is 11.3 Å². The van der Waals surface area contributed by atoms with Gasteiger partial charge in [-0.05, 0) is 41.7 Å². The van der Waals surface area contributed by atoms with E-state index in [0.29, 0.717) is 11.5 Å². The van der Waals surface area contributed by atoms with Crippen molar-refractivity contribution in [1.82, 2.24) is 10.6 Å². The maximum absolute atomic E-state index is 3.71. The molecule has 0 saturated heterocycles. The largest absolute Gasteiger partial charge is 0.315 e. The average Bonchev–Trinajstić information content (AvgIpc) is 3.20. The highest BCUT2D eigenvalue weighted by atomic mass is 15.0. The molecular formula is C17H26N2. The van der Waals surface area contributed by atoms with Crippen LogP contribution in [0, 0.1) is 11.3 Å². The van der Waals surface area contributed by atoms with Crippen LogP contribution in [0.1, 0.15) is 37.8 Å². The smallest absolute Gasteiger partial charge is 0.0236 e. The van der Waals surface area contributed by atoms with E-state index in [1.54, 1.807) is 0 Å². The number of hydrogen-bond acceptors (Lipinski definition) is 2. The minimum atomic E-state index is 0.595. The molecule has 0 amide bonds. The fourth-order valence-electron chi connectivity index (χ4n) is 3.28. The van der Waals surface area contributed by atoms with Crippen LogP contribution in [0.25, 0.3) is 0 Å². The Balaban J connectivity index is 1.48. The highest BCUT2D eigenvalue weighted by Crippen LogP contribution is 2.51. The van der Waals surface area contributed by atoms with E-state index in [4.69, 9.17) is 0 Å². The van der Waals surface area contributed by atoms with E-state index >= 15 is 0 Å². The summed E-state index contributed by atoms with van der Waals surface area (Å²) in [7, 11) is 0. The van der Waals surface area contributed by atoms with Crippen LogP contribution < -0.4 is 10.6 Å². The summed E-state index contributed by atoms with van der Waals surface area (Å²) < 4.78 is 0. The topological polar surface area (TPSA) is 24.1 Å². The van der Waals surface area contributed by atoms with Crippen LogP contribution in [-0.2, 0) is 13.0 Å². The van der Waals surface area contributed by atoms with Crippen molar-refractivity contribution in [3.05, 3.63) is 35.4 Å². The summed E-state index contributed by atoms with van der Waals surface area (Å²) in [6.07, 6.45) is 4.00. The van der Waals surface area contributed by atoms with Crippen LogP contribution in [0.5, 0.6) is 0 Å². The zero-order valence-corrected chi connectivity index (χ0v) is 12.2. The lowest BCUT2D eigenvalue weighted by atomic mass is 9.92. The molecule has 1 heterocycles. The van der Waals surface area contributed by atoms with Gasteiger partial charge in [-0.2, -0.15) is 0 Å². The van der Waals surface area contributed by atoms with Crippen LogP contribution in [-0.4, -0.2) is 19.1 Å². The van der Waals surface area contributed by atoms with Crippen molar-refractivity contribution in [2.45, 2.75) is 45.7 Å². The summed E-state index contributed by atoms with van der Waals surface area (Å²) in [5.41, 5.74) is 3.62. The molecule has 1 fully saturated rings. The van der Waals surface area contributed by atoms with Gasteiger partial charge in [-0.15, -0.1) is 0 Å². The fourth-order valence-corrected chi connectivity index (χ4v) is 3.28. The van der Waals surface area contributed by atoms with Crippen molar-refractivity contribution >= 4 is 0 Å². The Bertz CT molecular complexity index is 435. The number of nitrogens with one attached hydrogen (secondary N) is 2. The molecule has 1 unspecified atom stereocenters. The Hall–Kier alpha value is -0.860. The molecule has 2 heteroatoms. The predicted octanol–water partition coefficient (Wildman–Crippen LogP) is 2.73. The Morgan fingerprint density at radius 1 is 1.26 bits per heavy atom. The van der Waals surface area contributed by atoms with Crippen LogP contribution in [0.4, 0.5) is 0 Å². The second-order valence-electron chi connectivity index (χ2n) is 6.70. The number of hydrogen-bond donors (Lipinski definition) is 2. The quantitative estimate of drug-likeness (QED) is 0.848. The Labute approximate surface area is 117 Å². The molecule has 104 valence electrons. The van der Waals surface area contributed by atoms with Crippen LogP contribution in [0.15, 0.2) is 24.3 Å². The first-order valence-electron chi connectivity index (χ1n) is 7.70. The van der Waals surface area contributed by atoms with E-state index in [-0.39, 0.29) is 0 Å². The van der Waals surface area contributed by atoms with Gasteiger partial charge in [0.2, 0.25) is 0 Å². The minimum absolute atomic E-state index is 0.595. The second-order valence-corrected chi connectivity index (χ2v) is 6.70. The normalized spacial score (nSPS) is 24.3. The van der Waals surface area contributed by atoms with Gasteiger partial charge in [-0.1, -0.05) is 38.1 Å². The summed E-state index contributed by atoms with van der Waals surface area (Å²) in [5, 5.41) is 7.36. The highest BCUT2D eigenvalue weighted by Gasteiger charge is 2.44. The van der Waals surface area contributed by atoms with E-state index < -0.39 is 0 Å². The van der Waals surface area contributed by atoms with Gasteiger partial charge >= 0.3 is 0 Å². The van der Waals surface area contributed by atoms with E-state index in [1.807, 2.05) is 0 Å². The molecule has 0 aromatic heterocycles. The molecule has 1 atom stereocenters. The Morgan fingerprint density at radius 3 is 2.68 bits per heavy atom. The molecule has 1 aliphatic heterocycles. The Morgan fingerprint density at radius 2 is 2.00 bits per heavy atom. The summed E-state index contributed by atoms with van der Waals surface area (Å²) in [6, 6.07) is 9.41. The van der Waals surface area contributed by atoms with Gasteiger partial charge in [0.1, 0.15) is 0 Å². The van der Waals surface area contributed by atoms with Gasteiger partial charge in [-0.25, -0.2) is 0 Å². The molecule has 2 nitrogen and oxygen atoms in total. The summed E-state index contributed by atoms with van der Waals surface area (Å²) >= 11 is 0. The van der Waals surface area contributed by atoms with E-state index in [1.165, 1.54) is 30.5 Å². The lowest BCUT2D eigenvalue weighted by Crippen LogP contribution is -2.44. The zero-order valence-electron chi connectivity index (χ0n) is 12.2. The third-order valence-corrected chi connectivity index (χ3v) is 5.15. The lowest BCUT2D eigenvalue weighted by Gasteiger charge is -2.28. The fraction of sp³-hybridized carbons (Fsp3) is 0.647. The predicted molar refractivity (Wildman–Crippen MR) is 80.1 cm³/mol.